The van der Waals surface area contributed by atoms with Crippen LogP contribution in [-0.4, -0.2) is 24.3 Å². The van der Waals surface area contributed by atoms with Crippen molar-refractivity contribution in [2.75, 3.05) is 12.4 Å². The van der Waals surface area contributed by atoms with E-state index in [4.69, 9.17) is 15.4 Å². The molecular formula is C18H19BrN4O2. The molecule has 2 N–H and O–H groups in total. The Balaban J connectivity index is 0.000000970. The molecule has 0 spiro atoms. The molecule has 0 saturated heterocycles. The predicted octanol–water partition coefficient (Wildman–Crippen LogP) is 4.66. The Hall–Kier alpha value is -2.72. The van der Waals surface area contributed by atoms with Gasteiger partial charge in [-0.2, -0.15) is 5.26 Å². The number of carbonyl (C=O) groups excluding carboxylic acids is 1. The summed E-state index contributed by atoms with van der Waals surface area (Å²) >= 11 is 3.32. The van der Waals surface area contributed by atoms with Gasteiger partial charge in [0, 0.05) is 16.3 Å². The largest absolute Gasteiger partial charge is 0.465 e. The van der Waals surface area contributed by atoms with E-state index in [1.165, 1.54) is 13.5 Å². The molecule has 0 amide bonds. The van der Waals surface area contributed by atoms with Crippen molar-refractivity contribution >= 4 is 39.6 Å². The average molecular weight is 403 g/mol. The molecule has 0 fully saturated rings. The van der Waals surface area contributed by atoms with Gasteiger partial charge in [-0.05, 0) is 24.3 Å². The maximum absolute atomic E-state index is 11.8. The first-order valence-corrected chi connectivity index (χ1v) is 8.36. The third-order valence-corrected chi connectivity index (χ3v) is 3.28. The van der Waals surface area contributed by atoms with Crippen molar-refractivity contribution in [2.24, 2.45) is 0 Å². The first-order valence-electron chi connectivity index (χ1n) is 7.57. The number of nitrogens with zero attached hydrogens (tertiary/aromatic N) is 2. The lowest BCUT2D eigenvalue weighted by Gasteiger charge is -2.13. The fourth-order valence-electron chi connectivity index (χ4n) is 1.86. The molecule has 1 aromatic carbocycles. The minimum absolute atomic E-state index is 0.255. The van der Waals surface area contributed by atoms with Crippen molar-refractivity contribution in [2.45, 2.75) is 20.3 Å². The number of hydrogen-bond donors (Lipinski definition) is 2. The monoisotopic (exact) mass is 402 g/mol. The standard InChI is InChI=1S/C15H11BrN4O2.C3H8/c1-22-15(21)11-5-9(16)6-13(12(11)8-18)20-14-4-2-3-10(7-17)19-14;1-3-2/h2-6,8,18H,1H3,(H,19,20);3H2,1-2H3. The molecule has 0 aliphatic rings. The SMILES string of the molecule is CCC.COC(=O)c1cc(Br)cc(Nc2cccc(C#N)n2)c1C=N. The number of nitriles is 1. The van der Waals surface area contributed by atoms with Crippen molar-refractivity contribution in [3.63, 3.8) is 0 Å². The number of esters is 1. The highest BCUT2D eigenvalue weighted by Gasteiger charge is 2.16. The van der Waals surface area contributed by atoms with Crippen molar-refractivity contribution < 1.29 is 9.53 Å². The van der Waals surface area contributed by atoms with E-state index in [9.17, 15) is 4.79 Å². The van der Waals surface area contributed by atoms with Crippen LogP contribution in [-0.2, 0) is 4.74 Å². The maximum Gasteiger partial charge on any atom is 0.338 e. The van der Waals surface area contributed by atoms with E-state index in [1.807, 2.05) is 6.07 Å². The van der Waals surface area contributed by atoms with Crippen LogP contribution < -0.4 is 5.32 Å². The van der Waals surface area contributed by atoms with E-state index in [0.29, 0.717) is 21.5 Å². The van der Waals surface area contributed by atoms with Gasteiger partial charge in [-0.15, -0.1) is 0 Å². The van der Waals surface area contributed by atoms with E-state index in [1.54, 1.807) is 30.3 Å². The number of anilines is 2. The Morgan fingerprint density at radius 1 is 1.44 bits per heavy atom. The minimum atomic E-state index is -0.540. The Labute approximate surface area is 155 Å². The summed E-state index contributed by atoms with van der Waals surface area (Å²) in [7, 11) is 1.28. The zero-order chi connectivity index (χ0) is 18.8. The first kappa shape index (κ1) is 20.3. The van der Waals surface area contributed by atoms with Crippen LogP contribution in [0.1, 0.15) is 41.9 Å². The van der Waals surface area contributed by atoms with Crippen LogP contribution in [0.3, 0.4) is 0 Å². The molecule has 1 heterocycles. The van der Waals surface area contributed by atoms with Gasteiger partial charge in [0.1, 0.15) is 17.6 Å². The van der Waals surface area contributed by atoms with Crippen LogP contribution in [0.15, 0.2) is 34.8 Å². The van der Waals surface area contributed by atoms with Crippen molar-refractivity contribution in [3.8, 4) is 6.07 Å². The molecule has 2 aromatic rings. The summed E-state index contributed by atoms with van der Waals surface area (Å²) in [6.07, 6.45) is 2.31. The molecule has 130 valence electrons. The van der Waals surface area contributed by atoms with Crippen LogP contribution in [0.5, 0.6) is 0 Å². The topological polar surface area (TPSA) is 98.9 Å². The van der Waals surface area contributed by atoms with E-state index in [2.05, 4.69) is 40.1 Å². The van der Waals surface area contributed by atoms with Gasteiger partial charge in [-0.3, -0.25) is 0 Å². The predicted molar refractivity (Wildman–Crippen MR) is 102 cm³/mol. The van der Waals surface area contributed by atoms with Crippen LogP contribution in [0.25, 0.3) is 0 Å². The zero-order valence-corrected chi connectivity index (χ0v) is 15.8. The highest BCUT2D eigenvalue weighted by Crippen LogP contribution is 2.27. The van der Waals surface area contributed by atoms with Crippen LogP contribution >= 0.6 is 15.9 Å². The van der Waals surface area contributed by atoms with Gasteiger partial charge in [0.25, 0.3) is 0 Å². The highest BCUT2D eigenvalue weighted by atomic mass is 79.9. The molecule has 0 atom stereocenters. The minimum Gasteiger partial charge on any atom is -0.465 e. The molecular weight excluding hydrogens is 384 g/mol. The summed E-state index contributed by atoms with van der Waals surface area (Å²) in [5, 5.41) is 19.4. The van der Waals surface area contributed by atoms with Crippen LogP contribution in [0.4, 0.5) is 11.5 Å². The first-order chi connectivity index (χ1) is 12.0. The Morgan fingerprint density at radius 3 is 2.68 bits per heavy atom. The summed E-state index contributed by atoms with van der Waals surface area (Å²) in [4.78, 5) is 15.9. The molecule has 7 heteroatoms. The fourth-order valence-corrected chi connectivity index (χ4v) is 2.32. The van der Waals surface area contributed by atoms with Gasteiger partial charge in [0.2, 0.25) is 0 Å². The Bertz CT molecular complexity index is 800. The molecule has 6 nitrogen and oxygen atoms in total. The van der Waals surface area contributed by atoms with E-state index >= 15 is 0 Å². The van der Waals surface area contributed by atoms with Crippen LogP contribution in [0, 0.1) is 16.7 Å². The second-order valence-corrected chi connectivity index (χ2v) is 5.82. The molecule has 2 rings (SSSR count). The van der Waals surface area contributed by atoms with Gasteiger partial charge in [-0.25, -0.2) is 9.78 Å². The summed E-state index contributed by atoms with van der Waals surface area (Å²) in [6, 6.07) is 10.2. The Kier molecular flexibility index (Phi) is 8.30. The molecule has 0 radical (unpaired) electrons. The lowest BCUT2D eigenvalue weighted by molar-refractivity contribution is 0.0600. The number of methoxy groups -OCH3 is 1. The third kappa shape index (κ3) is 5.69. The average Bonchev–Trinajstić information content (AvgIpc) is 2.61. The molecule has 0 saturated carbocycles. The molecule has 0 aliphatic carbocycles. The summed E-state index contributed by atoms with van der Waals surface area (Å²) in [5.41, 5.74) is 1.40. The number of hydrogen-bond acceptors (Lipinski definition) is 6. The second kappa shape index (κ2) is 10.2. The van der Waals surface area contributed by atoms with E-state index in [0.717, 1.165) is 6.21 Å². The Morgan fingerprint density at radius 2 is 2.12 bits per heavy atom. The summed E-state index contributed by atoms with van der Waals surface area (Å²) in [5.74, 6) is -0.0994. The molecule has 0 bridgehead atoms. The van der Waals surface area contributed by atoms with E-state index in [-0.39, 0.29) is 11.3 Å². The number of nitrogens with one attached hydrogen (secondary N) is 2. The number of pyridine rings is 1. The van der Waals surface area contributed by atoms with Gasteiger partial charge in [-0.1, -0.05) is 42.3 Å². The molecule has 25 heavy (non-hydrogen) atoms. The molecule has 1 aromatic heterocycles. The van der Waals surface area contributed by atoms with Crippen molar-refractivity contribution in [1.82, 2.24) is 4.98 Å². The number of carbonyl (C=O) groups is 1. The highest BCUT2D eigenvalue weighted by molar-refractivity contribution is 9.10. The van der Waals surface area contributed by atoms with Gasteiger partial charge >= 0.3 is 5.97 Å². The van der Waals surface area contributed by atoms with E-state index < -0.39 is 5.97 Å². The van der Waals surface area contributed by atoms with Gasteiger partial charge in [0.15, 0.2) is 0 Å². The normalized spacial score (nSPS) is 9.24. The number of rotatable bonds is 4. The fraction of sp³-hybridized carbons (Fsp3) is 0.222. The third-order valence-electron chi connectivity index (χ3n) is 2.82. The molecule has 0 aliphatic heterocycles. The summed E-state index contributed by atoms with van der Waals surface area (Å²) in [6.45, 7) is 4.25. The number of aromatic nitrogens is 1. The number of ether oxygens (including phenoxy) is 1. The van der Waals surface area contributed by atoms with Gasteiger partial charge < -0.3 is 15.5 Å². The second-order valence-electron chi connectivity index (χ2n) is 4.90. The van der Waals surface area contributed by atoms with Crippen molar-refractivity contribution in [3.05, 3.63) is 51.6 Å². The van der Waals surface area contributed by atoms with Crippen molar-refractivity contribution in [1.29, 1.82) is 10.7 Å². The smallest absolute Gasteiger partial charge is 0.338 e. The maximum atomic E-state index is 11.8. The van der Waals surface area contributed by atoms with Crippen LogP contribution in [0.2, 0.25) is 0 Å². The molecule has 0 unspecified atom stereocenters. The zero-order valence-electron chi connectivity index (χ0n) is 14.3. The lowest BCUT2D eigenvalue weighted by atomic mass is 10.1. The quantitative estimate of drug-likeness (QED) is 0.572. The number of halogens is 1. The van der Waals surface area contributed by atoms with Gasteiger partial charge in [0.05, 0.1) is 18.4 Å². The number of benzene rings is 1. The lowest BCUT2D eigenvalue weighted by Crippen LogP contribution is -2.08. The summed E-state index contributed by atoms with van der Waals surface area (Å²) < 4.78 is 5.38.